The predicted octanol–water partition coefficient (Wildman–Crippen LogP) is 4.20. The van der Waals surface area contributed by atoms with Crippen molar-refractivity contribution in [3.8, 4) is 0 Å². The Morgan fingerprint density at radius 1 is 1.00 bits per heavy atom. The molecule has 0 bridgehead atoms. The van der Waals surface area contributed by atoms with Crippen molar-refractivity contribution in [2.45, 2.75) is 13.0 Å². The third kappa shape index (κ3) is 4.90. The number of thiophene rings is 1. The molecule has 2 amide bonds. The first-order valence-electron chi connectivity index (χ1n) is 11.6. The van der Waals surface area contributed by atoms with Crippen molar-refractivity contribution in [3.05, 3.63) is 93.8 Å². The molecule has 4 aromatic rings. The number of benzene rings is 2. The third-order valence-corrected chi connectivity index (χ3v) is 7.27. The Kier molecular flexibility index (Phi) is 6.47. The van der Waals surface area contributed by atoms with Crippen molar-refractivity contribution in [1.82, 2.24) is 20.1 Å². The largest absolute Gasteiger partial charge is 0.351 e. The van der Waals surface area contributed by atoms with Crippen LogP contribution in [0.3, 0.4) is 0 Å². The molecule has 3 heterocycles. The maximum absolute atomic E-state index is 13.0. The molecule has 1 atom stereocenters. The molecule has 34 heavy (non-hydrogen) atoms. The number of aromatic nitrogens is 1. The zero-order chi connectivity index (χ0) is 23.5. The van der Waals surface area contributed by atoms with Crippen LogP contribution in [0.4, 0.5) is 0 Å². The Bertz CT molecular complexity index is 1240. The summed E-state index contributed by atoms with van der Waals surface area (Å²) >= 11 is 1.65. The maximum Gasteiger partial charge on any atom is 0.270 e. The predicted molar refractivity (Wildman–Crippen MR) is 136 cm³/mol. The molecule has 0 aliphatic carbocycles. The average molecular weight is 473 g/mol. The summed E-state index contributed by atoms with van der Waals surface area (Å²) in [5.74, 6) is 0.00630. The van der Waals surface area contributed by atoms with E-state index in [0.29, 0.717) is 38.4 Å². The molecular weight excluding hydrogens is 444 g/mol. The third-order valence-electron chi connectivity index (χ3n) is 6.33. The highest BCUT2D eigenvalue weighted by molar-refractivity contribution is 7.10. The number of carbonyl (C=O) groups excluding carboxylic acids is 2. The number of rotatable bonds is 6. The highest BCUT2D eigenvalue weighted by Gasteiger charge is 2.25. The van der Waals surface area contributed by atoms with Crippen LogP contribution in [0.1, 0.15) is 32.5 Å². The van der Waals surface area contributed by atoms with Crippen LogP contribution in [0.25, 0.3) is 10.9 Å². The van der Waals surface area contributed by atoms with Gasteiger partial charge in [0.25, 0.3) is 5.91 Å². The van der Waals surface area contributed by atoms with Crippen LogP contribution in [0.2, 0.25) is 0 Å². The number of fused-ring (bicyclic) bond motifs is 1. The molecule has 0 saturated carbocycles. The Balaban J connectivity index is 1.18. The Labute approximate surface area is 203 Å². The average Bonchev–Trinajstić information content (AvgIpc) is 3.53. The van der Waals surface area contributed by atoms with Gasteiger partial charge >= 0.3 is 0 Å². The molecule has 2 N–H and O–H groups in total. The van der Waals surface area contributed by atoms with E-state index >= 15 is 0 Å². The van der Waals surface area contributed by atoms with Crippen LogP contribution in [0.5, 0.6) is 0 Å². The van der Waals surface area contributed by atoms with Gasteiger partial charge < -0.3 is 15.2 Å². The normalized spacial score (nSPS) is 15.4. The number of hydrogen-bond donors (Lipinski definition) is 2. The van der Waals surface area contributed by atoms with Gasteiger partial charge in [-0.1, -0.05) is 54.1 Å². The Hall–Kier alpha value is -3.42. The van der Waals surface area contributed by atoms with Crippen molar-refractivity contribution in [1.29, 1.82) is 0 Å². The number of para-hydroxylation sites is 1. The fourth-order valence-corrected chi connectivity index (χ4v) is 5.21. The fraction of sp³-hybridized carbons (Fsp3) is 0.259. The zero-order valence-corrected chi connectivity index (χ0v) is 20.0. The zero-order valence-electron chi connectivity index (χ0n) is 19.2. The number of piperazine rings is 1. The monoisotopic (exact) mass is 472 g/mol. The summed E-state index contributed by atoms with van der Waals surface area (Å²) in [5, 5.41) is 6.29. The van der Waals surface area contributed by atoms with E-state index in [1.807, 2.05) is 46.7 Å². The SMILES string of the molecule is Cc1ccc(C(NC(=O)CN2CCN(C(=O)c3cc4ccccc4[nH]3)CC2)c2cccs2)cc1. The molecule has 0 radical (unpaired) electrons. The molecule has 1 aliphatic rings. The molecule has 6 nitrogen and oxygen atoms in total. The van der Waals surface area contributed by atoms with Crippen LogP contribution in [-0.4, -0.2) is 59.3 Å². The molecule has 1 saturated heterocycles. The van der Waals surface area contributed by atoms with E-state index in [1.54, 1.807) is 11.3 Å². The molecule has 2 aromatic carbocycles. The van der Waals surface area contributed by atoms with Crippen molar-refractivity contribution in [2.75, 3.05) is 32.7 Å². The first-order chi connectivity index (χ1) is 16.6. The summed E-state index contributed by atoms with van der Waals surface area (Å²) in [7, 11) is 0. The van der Waals surface area contributed by atoms with Gasteiger partial charge in [-0.05, 0) is 36.1 Å². The van der Waals surface area contributed by atoms with Crippen LogP contribution >= 0.6 is 11.3 Å². The molecule has 2 aromatic heterocycles. The summed E-state index contributed by atoms with van der Waals surface area (Å²) < 4.78 is 0. The van der Waals surface area contributed by atoms with Crippen molar-refractivity contribution >= 4 is 34.1 Å². The van der Waals surface area contributed by atoms with Crippen molar-refractivity contribution in [3.63, 3.8) is 0 Å². The maximum atomic E-state index is 13.0. The van der Waals surface area contributed by atoms with Gasteiger partial charge in [-0.25, -0.2) is 0 Å². The lowest BCUT2D eigenvalue weighted by molar-refractivity contribution is -0.123. The minimum atomic E-state index is -0.155. The van der Waals surface area contributed by atoms with Gasteiger partial charge in [0.15, 0.2) is 0 Å². The number of aromatic amines is 1. The minimum Gasteiger partial charge on any atom is -0.351 e. The highest BCUT2D eigenvalue weighted by atomic mass is 32.1. The molecule has 7 heteroatoms. The van der Waals surface area contributed by atoms with Crippen molar-refractivity contribution in [2.24, 2.45) is 0 Å². The number of aryl methyl sites for hydroxylation is 1. The molecule has 5 rings (SSSR count). The van der Waals surface area contributed by atoms with Gasteiger partial charge in [-0.3, -0.25) is 14.5 Å². The molecule has 1 unspecified atom stereocenters. The van der Waals surface area contributed by atoms with Gasteiger partial charge in [0, 0.05) is 42.0 Å². The van der Waals surface area contributed by atoms with Gasteiger partial charge in [-0.2, -0.15) is 0 Å². The van der Waals surface area contributed by atoms with E-state index in [4.69, 9.17) is 0 Å². The van der Waals surface area contributed by atoms with Crippen LogP contribution in [-0.2, 0) is 4.79 Å². The van der Waals surface area contributed by atoms with E-state index in [-0.39, 0.29) is 17.9 Å². The second kappa shape index (κ2) is 9.83. The van der Waals surface area contributed by atoms with E-state index < -0.39 is 0 Å². The van der Waals surface area contributed by atoms with E-state index in [9.17, 15) is 9.59 Å². The van der Waals surface area contributed by atoms with Crippen LogP contribution in [0.15, 0.2) is 72.1 Å². The van der Waals surface area contributed by atoms with Gasteiger partial charge in [0.2, 0.25) is 5.91 Å². The van der Waals surface area contributed by atoms with Crippen LogP contribution < -0.4 is 5.32 Å². The fourth-order valence-electron chi connectivity index (χ4n) is 4.41. The van der Waals surface area contributed by atoms with E-state index in [2.05, 4.69) is 52.5 Å². The van der Waals surface area contributed by atoms with Crippen LogP contribution in [0, 0.1) is 6.92 Å². The number of amides is 2. The summed E-state index contributed by atoms with van der Waals surface area (Å²) in [6.45, 7) is 4.94. The van der Waals surface area contributed by atoms with Crippen molar-refractivity contribution < 1.29 is 9.59 Å². The Morgan fingerprint density at radius 3 is 2.47 bits per heavy atom. The van der Waals surface area contributed by atoms with Gasteiger partial charge in [-0.15, -0.1) is 11.3 Å². The minimum absolute atomic E-state index is 0.00521. The first-order valence-corrected chi connectivity index (χ1v) is 12.4. The lowest BCUT2D eigenvalue weighted by atomic mass is 10.0. The first kappa shape index (κ1) is 22.4. The molecular formula is C27H28N4O2S. The number of carbonyl (C=O) groups is 2. The molecule has 174 valence electrons. The highest BCUT2D eigenvalue weighted by Crippen LogP contribution is 2.26. The molecule has 1 fully saturated rings. The quantitative estimate of drug-likeness (QED) is 0.442. The number of hydrogen-bond acceptors (Lipinski definition) is 4. The summed E-state index contributed by atoms with van der Waals surface area (Å²) in [5.41, 5.74) is 3.86. The van der Waals surface area contributed by atoms with E-state index in [0.717, 1.165) is 21.3 Å². The smallest absolute Gasteiger partial charge is 0.270 e. The standard InChI is InChI=1S/C27H28N4O2S/c1-19-8-10-20(11-9-19)26(24-7-4-16-34-24)29-25(32)18-30-12-14-31(15-13-30)27(33)23-17-21-5-2-3-6-22(21)28-23/h2-11,16-17,26,28H,12-15,18H2,1H3,(H,29,32). The summed E-state index contributed by atoms with van der Waals surface area (Å²) in [4.78, 5) is 34.2. The van der Waals surface area contributed by atoms with Gasteiger partial charge in [0.1, 0.15) is 5.69 Å². The second-order valence-corrected chi connectivity index (χ2v) is 9.74. The lowest BCUT2D eigenvalue weighted by Gasteiger charge is -2.34. The topological polar surface area (TPSA) is 68.4 Å². The second-order valence-electron chi connectivity index (χ2n) is 8.77. The number of H-pyrrole nitrogens is 1. The Morgan fingerprint density at radius 2 is 1.76 bits per heavy atom. The molecule has 1 aliphatic heterocycles. The summed E-state index contributed by atoms with van der Waals surface area (Å²) in [6.07, 6.45) is 0. The number of nitrogens with zero attached hydrogens (tertiary/aromatic N) is 2. The number of nitrogens with one attached hydrogen (secondary N) is 2. The lowest BCUT2D eigenvalue weighted by Crippen LogP contribution is -2.51. The van der Waals surface area contributed by atoms with Gasteiger partial charge in [0.05, 0.1) is 12.6 Å². The molecule has 0 spiro atoms. The van der Waals surface area contributed by atoms with E-state index in [1.165, 1.54) is 5.56 Å². The summed E-state index contributed by atoms with van der Waals surface area (Å²) in [6, 6.07) is 22.0.